The highest BCUT2D eigenvalue weighted by atomic mass is 79.9. The molecule has 2 rings (SSSR count). The quantitative estimate of drug-likeness (QED) is 0.843. The highest BCUT2D eigenvalue weighted by molar-refractivity contribution is 9.10. The molecule has 1 fully saturated rings. The molecular formula is C12H16BrNO3. The number of halogens is 1. The molecule has 0 aliphatic carbocycles. The molecule has 1 atom stereocenters. The summed E-state index contributed by atoms with van der Waals surface area (Å²) in [6, 6.07) is 1.69. The number of carbonyl (C=O) groups excluding carboxylic acids is 1. The van der Waals surface area contributed by atoms with Crippen LogP contribution in [-0.2, 0) is 4.74 Å². The van der Waals surface area contributed by atoms with Crippen molar-refractivity contribution < 1.29 is 13.9 Å². The van der Waals surface area contributed by atoms with Gasteiger partial charge in [0, 0.05) is 6.54 Å². The average Bonchev–Trinajstić information content (AvgIpc) is 2.75. The lowest BCUT2D eigenvalue weighted by Crippen LogP contribution is -2.57. The Bertz CT molecular complexity index is 418. The molecule has 1 saturated heterocycles. The van der Waals surface area contributed by atoms with Crippen LogP contribution in [0.25, 0.3) is 0 Å². The average molecular weight is 302 g/mol. The van der Waals surface area contributed by atoms with Gasteiger partial charge in [-0.05, 0) is 35.3 Å². The Morgan fingerprint density at radius 3 is 3.00 bits per heavy atom. The molecule has 0 bridgehead atoms. The second-order valence-electron chi connectivity index (χ2n) is 4.47. The van der Waals surface area contributed by atoms with Gasteiger partial charge in [0.25, 0.3) is 5.91 Å². The molecule has 1 aromatic rings. The van der Waals surface area contributed by atoms with Crippen molar-refractivity contribution >= 4 is 21.8 Å². The van der Waals surface area contributed by atoms with Crippen LogP contribution in [0.4, 0.5) is 0 Å². The Labute approximate surface area is 109 Å². The monoisotopic (exact) mass is 301 g/mol. The minimum absolute atomic E-state index is 0.00160. The van der Waals surface area contributed by atoms with Gasteiger partial charge < -0.3 is 14.1 Å². The molecule has 2 heterocycles. The molecule has 1 unspecified atom stereocenters. The van der Waals surface area contributed by atoms with Crippen molar-refractivity contribution in [2.24, 2.45) is 0 Å². The summed E-state index contributed by atoms with van der Waals surface area (Å²) in [5.41, 5.74) is 0.345. The maximum absolute atomic E-state index is 12.4. The lowest BCUT2D eigenvalue weighted by molar-refractivity contribution is -0.0466. The summed E-state index contributed by atoms with van der Waals surface area (Å²) in [5.74, 6) is -0.00160. The molecule has 1 aliphatic rings. The molecule has 0 N–H and O–H groups in total. The highest BCUT2D eigenvalue weighted by Gasteiger charge is 2.38. The number of furan rings is 1. The summed E-state index contributed by atoms with van der Waals surface area (Å²) in [7, 11) is 0. The van der Waals surface area contributed by atoms with Crippen LogP contribution in [0.1, 0.15) is 30.6 Å². The van der Waals surface area contributed by atoms with E-state index in [1.165, 1.54) is 6.26 Å². The topological polar surface area (TPSA) is 42.7 Å². The maximum atomic E-state index is 12.4. The number of carbonyl (C=O) groups is 1. The van der Waals surface area contributed by atoms with Crippen LogP contribution in [0.15, 0.2) is 21.4 Å². The van der Waals surface area contributed by atoms with Gasteiger partial charge in [0.15, 0.2) is 4.67 Å². The van der Waals surface area contributed by atoms with Crippen LogP contribution >= 0.6 is 15.9 Å². The first kappa shape index (κ1) is 12.6. The van der Waals surface area contributed by atoms with Crippen molar-refractivity contribution in [1.29, 1.82) is 0 Å². The van der Waals surface area contributed by atoms with E-state index in [0.29, 0.717) is 30.0 Å². The van der Waals surface area contributed by atoms with Gasteiger partial charge in [-0.15, -0.1) is 0 Å². The predicted molar refractivity (Wildman–Crippen MR) is 67.0 cm³/mol. The van der Waals surface area contributed by atoms with E-state index >= 15 is 0 Å². The van der Waals surface area contributed by atoms with E-state index in [2.05, 4.69) is 29.8 Å². The second-order valence-corrected chi connectivity index (χ2v) is 5.19. The molecule has 4 nitrogen and oxygen atoms in total. The van der Waals surface area contributed by atoms with E-state index < -0.39 is 0 Å². The van der Waals surface area contributed by atoms with Crippen LogP contribution in [0.5, 0.6) is 0 Å². The first-order valence-electron chi connectivity index (χ1n) is 5.71. The standard InChI is InChI=1S/C12H16BrNO3/c1-3-12(2)8-16-7-5-14(12)11(15)9-4-6-17-10(9)13/h4,6H,3,5,7-8H2,1-2H3. The number of nitrogens with zero attached hydrogens (tertiary/aromatic N) is 1. The fourth-order valence-electron chi connectivity index (χ4n) is 2.03. The first-order valence-corrected chi connectivity index (χ1v) is 6.50. The zero-order valence-electron chi connectivity index (χ0n) is 10.0. The Hall–Kier alpha value is -0.810. The van der Waals surface area contributed by atoms with Gasteiger partial charge in [0.2, 0.25) is 0 Å². The van der Waals surface area contributed by atoms with Gasteiger partial charge in [-0.1, -0.05) is 6.92 Å². The highest BCUT2D eigenvalue weighted by Crippen LogP contribution is 2.28. The van der Waals surface area contributed by atoms with Crippen molar-refractivity contribution in [2.75, 3.05) is 19.8 Å². The van der Waals surface area contributed by atoms with Crippen LogP contribution in [0.3, 0.4) is 0 Å². The van der Waals surface area contributed by atoms with Crippen molar-refractivity contribution in [1.82, 2.24) is 4.90 Å². The zero-order chi connectivity index (χ0) is 12.5. The van der Waals surface area contributed by atoms with Gasteiger partial charge in [-0.2, -0.15) is 0 Å². The van der Waals surface area contributed by atoms with Crippen LogP contribution in [-0.4, -0.2) is 36.1 Å². The Morgan fingerprint density at radius 1 is 1.65 bits per heavy atom. The van der Waals surface area contributed by atoms with E-state index in [0.717, 1.165) is 6.42 Å². The molecule has 5 heteroatoms. The summed E-state index contributed by atoms with van der Waals surface area (Å²) >= 11 is 3.25. The normalized spacial score (nSPS) is 25.0. The van der Waals surface area contributed by atoms with E-state index in [4.69, 9.17) is 9.15 Å². The fraction of sp³-hybridized carbons (Fsp3) is 0.583. The third-order valence-corrected chi connectivity index (χ3v) is 3.99. The van der Waals surface area contributed by atoms with Crippen molar-refractivity contribution in [2.45, 2.75) is 25.8 Å². The summed E-state index contributed by atoms with van der Waals surface area (Å²) in [6.45, 7) is 5.93. The molecule has 1 aliphatic heterocycles. The summed E-state index contributed by atoms with van der Waals surface area (Å²) in [4.78, 5) is 14.3. The van der Waals surface area contributed by atoms with E-state index in [9.17, 15) is 4.79 Å². The Morgan fingerprint density at radius 2 is 2.41 bits per heavy atom. The van der Waals surface area contributed by atoms with Crippen LogP contribution in [0, 0.1) is 0 Å². The van der Waals surface area contributed by atoms with E-state index in [-0.39, 0.29) is 11.4 Å². The first-order chi connectivity index (χ1) is 8.08. The molecule has 0 radical (unpaired) electrons. The van der Waals surface area contributed by atoms with Gasteiger partial charge in [-0.25, -0.2) is 0 Å². The van der Waals surface area contributed by atoms with Crippen molar-refractivity contribution in [3.8, 4) is 0 Å². The zero-order valence-corrected chi connectivity index (χ0v) is 11.6. The largest absolute Gasteiger partial charge is 0.457 e. The maximum Gasteiger partial charge on any atom is 0.258 e. The van der Waals surface area contributed by atoms with Gasteiger partial charge in [0.05, 0.1) is 30.6 Å². The molecule has 1 amide bonds. The summed E-state index contributed by atoms with van der Waals surface area (Å²) < 4.78 is 11.1. The SMILES string of the molecule is CCC1(C)COCCN1C(=O)c1ccoc1Br. The number of amides is 1. The molecule has 1 aromatic heterocycles. The van der Waals surface area contributed by atoms with Crippen molar-refractivity contribution in [3.63, 3.8) is 0 Å². The molecular weight excluding hydrogens is 286 g/mol. The molecule has 0 aromatic carbocycles. The second kappa shape index (κ2) is 4.82. The number of morpholine rings is 1. The van der Waals surface area contributed by atoms with Gasteiger partial charge in [0.1, 0.15) is 0 Å². The summed E-state index contributed by atoms with van der Waals surface area (Å²) in [5, 5.41) is 0. The van der Waals surface area contributed by atoms with Crippen LogP contribution < -0.4 is 0 Å². The third-order valence-electron chi connectivity index (χ3n) is 3.38. The van der Waals surface area contributed by atoms with Crippen molar-refractivity contribution in [3.05, 3.63) is 22.6 Å². The number of rotatable bonds is 2. The molecule has 94 valence electrons. The fourth-order valence-corrected chi connectivity index (χ4v) is 2.44. The number of hydrogen-bond donors (Lipinski definition) is 0. The Balaban J connectivity index is 2.26. The smallest absolute Gasteiger partial charge is 0.258 e. The van der Waals surface area contributed by atoms with Crippen LogP contribution in [0.2, 0.25) is 0 Å². The predicted octanol–water partition coefficient (Wildman–Crippen LogP) is 2.68. The summed E-state index contributed by atoms with van der Waals surface area (Å²) in [6.07, 6.45) is 2.38. The number of ether oxygens (including phenoxy) is 1. The van der Waals surface area contributed by atoms with E-state index in [1.54, 1.807) is 6.07 Å². The third kappa shape index (κ3) is 2.26. The number of hydrogen-bond acceptors (Lipinski definition) is 3. The molecule has 0 saturated carbocycles. The van der Waals surface area contributed by atoms with E-state index in [1.807, 2.05) is 4.90 Å². The Kier molecular flexibility index (Phi) is 3.58. The molecule has 0 spiro atoms. The minimum Gasteiger partial charge on any atom is -0.457 e. The lowest BCUT2D eigenvalue weighted by atomic mass is 9.95. The van der Waals surface area contributed by atoms with Gasteiger partial charge in [-0.3, -0.25) is 4.79 Å². The van der Waals surface area contributed by atoms with Gasteiger partial charge >= 0.3 is 0 Å². The minimum atomic E-state index is -0.230. The lowest BCUT2D eigenvalue weighted by Gasteiger charge is -2.44. The molecule has 17 heavy (non-hydrogen) atoms.